The van der Waals surface area contributed by atoms with Crippen molar-refractivity contribution in [3.8, 4) is 0 Å². The van der Waals surface area contributed by atoms with Gasteiger partial charge >= 0.3 is 0 Å². The second-order valence-electron chi connectivity index (χ2n) is 5.61. The fraction of sp³-hybridized carbons (Fsp3) is 0.562. The Morgan fingerprint density at radius 1 is 1.16 bits per heavy atom. The third kappa shape index (κ3) is 7.29. The van der Waals surface area contributed by atoms with E-state index in [1.165, 1.54) is 26.2 Å². The van der Waals surface area contributed by atoms with Gasteiger partial charge in [-0.05, 0) is 24.6 Å². The Bertz CT molecular complexity index is 621. The second-order valence-corrected chi connectivity index (χ2v) is 7.76. The van der Waals surface area contributed by atoms with Crippen molar-refractivity contribution >= 4 is 28.3 Å². The molecule has 0 aliphatic carbocycles. The van der Waals surface area contributed by atoms with Gasteiger partial charge in [0.15, 0.2) is 0 Å². The molecule has 0 radical (unpaired) electrons. The van der Waals surface area contributed by atoms with E-state index in [9.17, 15) is 13.2 Å². The summed E-state index contributed by atoms with van der Waals surface area (Å²) in [6, 6.07) is 6.41. The van der Waals surface area contributed by atoms with Gasteiger partial charge in [0.2, 0.25) is 15.9 Å². The molecule has 1 unspecified atom stereocenters. The van der Waals surface area contributed by atoms with Crippen LogP contribution in [0, 0.1) is 0 Å². The van der Waals surface area contributed by atoms with E-state index < -0.39 is 10.0 Å². The van der Waals surface area contributed by atoms with Crippen molar-refractivity contribution in [2.45, 2.75) is 17.7 Å². The summed E-state index contributed by atoms with van der Waals surface area (Å²) in [5.74, 6) is -0.438. The number of hydrogen-bond acceptors (Lipinski definition) is 5. The number of amides is 1. The van der Waals surface area contributed by atoms with Gasteiger partial charge in [0.1, 0.15) is 0 Å². The Balaban J connectivity index is 0.00000576. The van der Waals surface area contributed by atoms with Gasteiger partial charge in [-0.1, -0.05) is 12.1 Å². The zero-order chi connectivity index (χ0) is 18.2. The van der Waals surface area contributed by atoms with Crippen molar-refractivity contribution < 1.29 is 17.9 Å². The largest absolute Gasteiger partial charge is 0.383 e. The fourth-order valence-electron chi connectivity index (χ4n) is 2.02. The van der Waals surface area contributed by atoms with E-state index in [1.807, 2.05) is 0 Å². The summed E-state index contributed by atoms with van der Waals surface area (Å²) >= 11 is 0. The number of rotatable bonds is 10. The summed E-state index contributed by atoms with van der Waals surface area (Å²) in [4.78, 5) is 12.3. The van der Waals surface area contributed by atoms with Crippen molar-refractivity contribution in [1.82, 2.24) is 14.9 Å². The van der Waals surface area contributed by atoms with Crippen LogP contribution in [-0.2, 0) is 19.6 Å². The smallest absolute Gasteiger partial charge is 0.242 e. The second kappa shape index (κ2) is 11.4. The van der Waals surface area contributed by atoms with Crippen molar-refractivity contribution in [3.63, 3.8) is 0 Å². The fourth-order valence-corrected chi connectivity index (χ4v) is 2.92. The van der Waals surface area contributed by atoms with Crippen LogP contribution in [0.25, 0.3) is 0 Å². The van der Waals surface area contributed by atoms with Gasteiger partial charge in [0.25, 0.3) is 0 Å². The summed E-state index contributed by atoms with van der Waals surface area (Å²) in [5.41, 5.74) is 0.776. The van der Waals surface area contributed by atoms with Gasteiger partial charge in [0, 0.05) is 40.8 Å². The van der Waals surface area contributed by atoms with E-state index in [-0.39, 0.29) is 29.1 Å². The van der Waals surface area contributed by atoms with Crippen LogP contribution in [0.3, 0.4) is 0 Å². The van der Waals surface area contributed by atoms with E-state index in [2.05, 4.69) is 10.6 Å². The summed E-state index contributed by atoms with van der Waals surface area (Å²) in [6.45, 7) is 4.36. The van der Waals surface area contributed by atoms with Crippen molar-refractivity contribution in [1.29, 1.82) is 0 Å². The number of benzene rings is 1. The molecule has 0 aromatic heterocycles. The van der Waals surface area contributed by atoms with E-state index in [1.54, 1.807) is 26.2 Å². The molecule has 9 heteroatoms. The Morgan fingerprint density at radius 3 is 2.28 bits per heavy atom. The third-order valence-electron chi connectivity index (χ3n) is 3.64. The maximum atomic E-state index is 12.1. The molecule has 0 spiro atoms. The minimum atomic E-state index is -3.45. The normalized spacial score (nSPS) is 12.5. The number of hydrogen-bond donors (Lipinski definition) is 2. The summed E-state index contributed by atoms with van der Waals surface area (Å²) in [7, 11) is 1.16. The molecule has 1 aromatic rings. The van der Waals surface area contributed by atoms with Gasteiger partial charge in [0.05, 0.1) is 17.4 Å². The van der Waals surface area contributed by atoms with Gasteiger partial charge in [-0.15, -0.1) is 12.4 Å². The van der Waals surface area contributed by atoms with E-state index in [4.69, 9.17) is 4.74 Å². The van der Waals surface area contributed by atoms with Gasteiger partial charge < -0.3 is 15.4 Å². The minimum Gasteiger partial charge on any atom is -0.383 e. The van der Waals surface area contributed by atoms with Crippen LogP contribution < -0.4 is 10.6 Å². The highest BCUT2D eigenvalue weighted by Gasteiger charge is 2.19. The van der Waals surface area contributed by atoms with E-state index in [0.717, 1.165) is 16.4 Å². The molecule has 0 fully saturated rings. The van der Waals surface area contributed by atoms with E-state index in [0.29, 0.717) is 19.7 Å². The van der Waals surface area contributed by atoms with Crippen LogP contribution in [0.4, 0.5) is 0 Å². The first kappa shape index (κ1) is 23.8. The predicted octanol–water partition coefficient (Wildman–Crippen LogP) is 0.814. The average Bonchev–Trinajstić information content (AvgIpc) is 2.57. The molecule has 0 saturated carbocycles. The van der Waals surface area contributed by atoms with Crippen LogP contribution in [-0.4, -0.2) is 66.1 Å². The van der Waals surface area contributed by atoms with Crippen molar-refractivity contribution in [2.75, 3.05) is 47.4 Å². The monoisotopic (exact) mass is 393 g/mol. The Hall–Kier alpha value is -1.19. The molecule has 7 nitrogen and oxygen atoms in total. The number of nitrogens with one attached hydrogen (secondary N) is 2. The Morgan fingerprint density at radius 2 is 1.76 bits per heavy atom. The SMILES string of the molecule is COCCNCCNC(=O)C(C)c1ccc(S(=O)(=O)N(C)C)cc1.Cl. The first-order valence-corrected chi connectivity index (χ1v) is 9.24. The molecule has 1 aromatic carbocycles. The molecule has 0 aliphatic rings. The number of ether oxygens (including phenoxy) is 1. The zero-order valence-corrected chi connectivity index (χ0v) is 16.7. The lowest BCUT2D eigenvalue weighted by Crippen LogP contribution is -2.35. The quantitative estimate of drug-likeness (QED) is 0.574. The molecular weight excluding hydrogens is 366 g/mol. The van der Waals surface area contributed by atoms with E-state index >= 15 is 0 Å². The molecule has 1 atom stereocenters. The lowest BCUT2D eigenvalue weighted by Gasteiger charge is -2.15. The van der Waals surface area contributed by atoms with Gasteiger partial charge in [-0.3, -0.25) is 4.79 Å². The summed E-state index contributed by atoms with van der Waals surface area (Å²) < 4.78 is 30.1. The maximum Gasteiger partial charge on any atom is 0.242 e. The number of sulfonamides is 1. The maximum absolute atomic E-state index is 12.1. The molecule has 144 valence electrons. The summed E-state index contributed by atoms with van der Waals surface area (Å²) in [6.07, 6.45) is 0. The molecular formula is C16H28ClN3O4S. The highest BCUT2D eigenvalue weighted by Crippen LogP contribution is 2.19. The first-order valence-electron chi connectivity index (χ1n) is 7.80. The average molecular weight is 394 g/mol. The molecule has 0 aliphatic heterocycles. The number of nitrogens with zero attached hydrogens (tertiary/aromatic N) is 1. The number of carbonyl (C=O) groups is 1. The topological polar surface area (TPSA) is 87.7 Å². The molecule has 0 heterocycles. The number of methoxy groups -OCH3 is 1. The van der Waals surface area contributed by atoms with Crippen LogP contribution in [0.2, 0.25) is 0 Å². The van der Waals surface area contributed by atoms with Crippen LogP contribution in [0.1, 0.15) is 18.4 Å². The zero-order valence-electron chi connectivity index (χ0n) is 15.1. The molecule has 2 N–H and O–H groups in total. The lowest BCUT2D eigenvalue weighted by atomic mass is 10.0. The molecule has 1 amide bonds. The van der Waals surface area contributed by atoms with Crippen LogP contribution >= 0.6 is 12.4 Å². The third-order valence-corrected chi connectivity index (χ3v) is 5.47. The molecule has 0 bridgehead atoms. The Kier molecular flexibility index (Phi) is 10.9. The standard InChI is InChI=1S/C16H27N3O4S.ClH/c1-13(16(20)18-10-9-17-11-12-23-4)14-5-7-15(8-6-14)24(21,22)19(2)3;/h5-8,13,17H,9-12H2,1-4H3,(H,18,20);1H. The molecule has 0 saturated heterocycles. The highest BCUT2D eigenvalue weighted by molar-refractivity contribution is 7.89. The van der Waals surface area contributed by atoms with Crippen LogP contribution in [0.5, 0.6) is 0 Å². The highest BCUT2D eigenvalue weighted by atomic mass is 35.5. The van der Waals surface area contributed by atoms with Gasteiger partial charge in [-0.2, -0.15) is 0 Å². The van der Waals surface area contributed by atoms with Crippen molar-refractivity contribution in [2.24, 2.45) is 0 Å². The Labute approximate surface area is 156 Å². The predicted molar refractivity (Wildman–Crippen MR) is 101 cm³/mol. The van der Waals surface area contributed by atoms with Gasteiger partial charge in [-0.25, -0.2) is 12.7 Å². The minimum absolute atomic E-state index is 0. The number of carbonyl (C=O) groups excluding carboxylic acids is 1. The summed E-state index contributed by atoms with van der Waals surface area (Å²) in [5, 5.41) is 6.00. The number of halogens is 1. The lowest BCUT2D eigenvalue weighted by molar-refractivity contribution is -0.122. The molecule has 25 heavy (non-hydrogen) atoms. The molecule has 1 rings (SSSR count). The van der Waals surface area contributed by atoms with Crippen LogP contribution in [0.15, 0.2) is 29.2 Å². The van der Waals surface area contributed by atoms with Crippen molar-refractivity contribution in [3.05, 3.63) is 29.8 Å². The first-order chi connectivity index (χ1) is 11.3.